The number of aromatic hydroxyl groups is 2. The van der Waals surface area contributed by atoms with Crippen LogP contribution in [0.25, 0.3) is 0 Å². The summed E-state index contributed by atoms with van der Waals surface area (Å²) in [5.41, 5.74) is 11.2. The average molecular weight is 923 g/mol. The van der Waals surface area contributed by atoms with Gasteiger partial charge in [0, 0.05) is 47.9 Å². The third-order valence-electron chi connectivity index (χ3n) is 12.5. The lowest BCUT2D eigenvalue weighted by atomic mass is 9.79. The van der Waals surface area contributed by atoms with Crippen LogP contribution >= 0.6 is 22.7 Å². The molecule has 0 radical (unpaired) electrons. The number of phenolic OH excluding ortho intramolecular Hbond substituents is 2. The molecule has 0 saturated carbocycles. The predicted molar refractivity (Wildman–Crippen MR) is 280 cm³/mol. The summed E-state index contributed by atoms with van der Waals surface area (Å²) in [4.78, 5) is 11.7. The van der Waals surface area contributed by atoms with E-state index in [1.807, 2.05) is 24.6 Å². The molecule has 0 spiro atoms. The summed E-state index contributed by atoms with van der Waals surface area (Å²) in [6, 6.07) is 26.0. The van der Waals surface area contributed by atoms with Crippen LogP contribution in [0.2, 0.25) is 0 Å². The van der Waals surface area contributed by atoms with Crippen molar-refractivity contribution in [1.29, 1.82) is 0 Å². The van der Waals surface area contributed by atoms with Gasteiger partial charge in [-0.3, -0.25) is 9.98 Å². The van der Waals surface area contributed by atoms with Gasteiger partial charge in [0.15, 0.2) is 0 Å². The Kier molecular flexibility index (Phi) is 14.5. The van der Waals surface area contributed by atoms with E-state index in [9.17, 15) is 10.2 Å². The number of thiophene rings is 2. The third-order valence-corrected chi connectivity index (χ3v) is 14.1. The number of phenols is 2. The van der Waals surface area contributed by atoms with Gasteiger partial charge in [0.05, 0.1) is 13.1 Å². The second-order valence-corrected chi connectivity index (χ2v) is 24.0. The molecule has 0 amide bonds. The van der Waals surface area contributed by atoms with Gasteiger partial charge >= 0.3 is 0 Å². The van der Waals surface area contributed by atoms with Gasteiger partial charge < -0.3 is 19.7 Å². The van der Waals surface area contributed by atoms with Gasteiger partial charge in [0.25, 0.3) is 0 Å². The molecule has 2 heterocycles. The van der Waals surface area contributed by atoms with E-state index in [0.717, 1.165) is 76.9 Å². The number of ether oxygens (including phenoxy) is 2. The minimum absolute atomic E-state index is 0.187. The topological polar surface area (TPSA) is 83.6 Å². The Hall–Kier alpha value is -5.18. The summed E-state index contributed by atoms with van der Waals surface area (Å²) in [7, 11) is 0. The van der Waals surface area contributed by atoms with Crippen LogP contribution in [0.15, 0.2) is 93.5 Å². The molecule has 4 aromatic carbocycles. The quantitative estimate of drug-likeness (QED) is 0.106. The van der Waals surface area contributed by atoms with Gasteiger partial charge in [0.2, 0.25) is 0 Å². The maximum absolute atomic E-state index is 12.6. The molecule has 2 aromatic heterocycles. The van der Waals surface area contributed by atoms with Crippen LogP contribution in [-0.2, 0) is 47.3 Å². The van der Waals surface area contributed by atoms with Crippen molar-refractivity contribution in [3.05, 3.63) is 160 Å². The summed E-state index contributed by atoms with van der Waals surface area (Å²) in [6.45, 7) is 28.6. The number of aliphatic imine (C=N–C) groups is 2. The Bertz CT molecular complexity index is 2410. The predicted octanol–water partition coefficient (Wildman–Crippen LogP) is 14.1. The average Bonchev–Trinajstić information content (AvgIpc) is 3.95. The normalized spacial score (nSPS) is 13.8. The molecule has 1 aliphatic rings. The highest BCUT2D eigenvalue weighted by Gasteiger charge is 2.28. The van der Waals surface area contributed by atoms with Crippen molar-refractivity contribution in [3.8, 4) is 23.0 Å². The van der Waals surface area contributed by atoms with Crippen LogP contribution in [0.4, 0.5) is 0 Å². The lowest BCUT2D eigenvalue weighted by Crippen LogP contribution is -2.17. The number of fused-ring (bicyclic) bond motifs is 8. The van der Waals surface area contributed by atoms with E-state index >= 15 is 0 Å². The summed E-state index contributed by atoms with van der Waals surface area (Å²) in [6.07, 6.45) is 5.62. The molecule has 6 aromatic rings. The highest BCUT2D eigenvalue weighted by Crippen LogP contribution is 2.44. The van der Waals surface area contributed by atoms with E-state index in [2.05, 4.69) is 155 Å². The van der Waals surface area contributed by atoms with Crippen LogP contribution in [0.3, 0.4) is 0 Å². The van der Waals surface area contributed by atoms with E-state index in [1.54, 1.807) is 22.7 Å². The Balaban J connectivity index is 1.46. The minimum Gasteiger partial charge on any atom is -0.507 e. The lowest BCUT2D eigenvalue weighted by molar-refractivity contribution is 0.322. The molecule has 0 saturated heterocycles. The van der Waals surface area contributed by atoms with E-state index in [0.29, 0.717) is 52.0 Å². The SMILES string of the molecule is CC(C)(C)c1cc2c(O)c(c1)Cc1cc(C(C)(C)C)cc(c1OCCN=Cc1cccs1)Cc1cc(C(C)(C)C)cc(c1O)Cc1cc(C(C)(C)C)cc(c1OCCN=Cc1cccs1)C2. The molecule has 0 fully saturated rings. The van der Waals surface area contributed by atoms with Crippen molar-refractivity contribution < 1.29 is 19.7 Å². The van der Waals surface area contributed by atoms with Gasteiger partial charge in [-0.15, -0.1) is 22.7 Å². The molecule has 0 aliphatic heterocycles. The van der Waals surface area contributed by atoms with Gasteiger partial charge in [-0.25, -0.2) is 0 Å². The van der Waals surface area contributed by atoms with Crippen molar-refractivity contribution in [2.75, 3.05) is 26.3 Å². The summed E-state index contributed by atoms with van der Waals surface area (Å²) in [5, 5.41) is 29.4. The van der Waals surface area contributed by atoms with Gasteiger partial charge in [0.1, 0.15) is 36.2 Å². The molecule has 6 nitrogen and oxygen atoms in total. The molecule has 1 aliphatic carbocycles. The first-order chi connectivity index (χ1) is 31.0. The van der Waals surface area contributed by atoms with Crippen molar-refractivity contribution in [1.82, 2.24) is 0 Å². The fourth-order valence-corrected chi connectivity index (χ4v) is 9.67. The minimum atomic E-state index is -0.195. The molecular weight excluding hydrogens is 853 g/mol. The second-order valence-electron chi connectivity index (χ2n) is 22.0. The first-order valence-corrected chi connectivity index (χ1v) is 25.2. The molecular formula is C58H70N2O4S2. The van der Waals surface area contributed by atoms with Crippen LogP contribution in [0, 0.1) is 0 Å². The lowest BCUT2D eigenvalue weighted by Gasteiger charge is -2.28. The van der Waals surface area contributed by atoms with E-state index in [4.69, 9.17) is 19.5 Å². The first kappa shape index (κ1) is 48.7. The molecule has 66 heavy (non-hydrogen) atoms. The highest BCUT2D eigenvalue weighted by molar-refractivity contribution is 7.12. The van der Waals surface area contributed by atoms with E-state index < -0.39 is 0 Å². The molecule has 0 unspecified atom stereocenters. The Morgan fingerprint density at radius 1 is 0.455 bits per heavy atom. The molecule has 0 atom stereocenters. The maximum Gasteiger partial charge on any atom is 0.126 e. The summed E-state index contributed by atoms with van der Waals surface area (Å²) < 4.78 is 13.8. The van der Waals surface area contributed by atoms with Crippen molar-refractivity contribution in [2.24, 2.45) is 9.98 Å². The van der Waals surface area contributed by atoms with Gasteiger partial charge in [-0.05, 0) is 111 Å². The Labute approximate surface area is 402 Å². The van der Waals surface area contributed by atoms with Gasteiger partial charge in [-0.1, -0.05) is 144 Å². The molecule has 348 valence electrons. The summed E-state index contributed by atoms with van der Waals surface area (Å²) in [5.74, 6) is 2.14. The van der Waals surface area contributed by atoms with Crippen molar-refractivity contribution in [2.45, 2.75) is 130 Å². The second kappa shape index (κ2) is 19.6. The van der Waals surface area contributed by atoms with Crippen LogP contribution in [0.5, 0.6) is 23.0 Å². The number of hydrogen-bond donors (Lipinski definition) is 2. The molecule has 7 rings (SSSR count). The summed E-state index contributed by atoms with van der Waals surface area (Å²) >= 11 is 3.32. The van der Waals surface area contributed by atoms with Crippen LogP contribution in [-0.4, -0.2) is 48.9 Å². The smallest absolute Gasteiger partial charge is 0.126 e. The third kappa shape index (κ3) is 11.8. The number of benzene rings is 4. The van der Waals surface area contributed by atoms with E-state index in [-0.39, 0.29) is 33.2 Å². The standard InChI is InChI=1S/C58H70N2O4S2/c1-55(2,3)45-27-37-23-41-31-47(57(7,8)9)33-43(53(41)63-19-17-59-35-49-15-13-21-65-49)25-39-29-46(56(4,5)6)30-40(52(39)62)26-44-34-48(58(10,11)12)32-42(24-38(28-45)51(37)61)54(44)64-20-18-60-36-50-16-14-22-66-50/h13-16,21-22,27-36,61-62H,17-20,23-26H2,1-12H3. The Morgan fingerprint density at radius 2 is 0.727 bits per heavy atom. The van der Waals surface area contributed by atoms with Crippen LogP contribution < -0.4 is 9.47 Å². The maximum atomic E-state index is 12.6. The number of rotatable bonds is 10. The fraction of sp³-hybridized carbons (Fsp3) is 0.414. The van der Waals surface area contributed by atoms with Crippen molar-refractivity contribution >= 4 is 35.1 Å². The Morgan fingerprint density at radius 3 is 0.970 bits per heavy atom. The molecule has 8 bridgehead atoms. The fourth-order valence-electron chi connectivity index (χ4n) is 8.46. The highest BCUT2D eigenvalue weighted by atomic mass is 32.1. The number of hydrogen-bond acceptors (Lipinski definition) is 8. The monoisotopic (exact) mass is 922 g/mol. The largest absolute Gasteiger partial charge is 0.507 e. The molecule has 8 heteroatoms. The van der Waals surface area contributed by atoms with Gasteiger partial charge in [-0.2, -0.15) is 0 Å². The van der Waals surface area contributed by atoms with Crippen LogP contribution in [0.1, 0.15) is 160 Å². The zero-order valence-corrected chi connectivity index (χ0v) is 42.9. The van der Waals surface area contributed by atoms with Crippen molar-refractivity contribution in [3.63, 3.8) is 0 Å². The zero-order valence-electron chi connectivity index (χ0n) is 41.3. The van der Waals surface area contributed by atoms with E-state index in [1.165, 1.54) is 11.1 Å². The zero-order chi connectivity index (χ0) is 47.6. The first-order valence-electron chi connectivity index (χ1n) is 23.4. The molecule has 2 N–H and O–H groups in total. The number of nitrogens with zero attached hydrogens (tertiary/aromatic N) is 2.